The van der Waals surface area contributed by atoms with Crippen LogP contribution in [0.5, 0.6) is 0 Å². The maximum Gasteiger partial charge on any atom is 0.416 e. The molecule has 0 aliphatic carbocycles. The van der Waals surface area contributed by atoms with E-state index in [1.807, 2.05) is 4.90 Å². The first-order valence-corrected chi connectivity index (χ1v) is 17.2. The average Bonchev–Trinajstić information content (AvgIpc) is 3.40. The minimum absolute atomic E-state index is 0.0257. The Kier molecular flexibility index (Phi) is 8.94. The third-order valence-electron chi connectivity index (χ3n) is 10.0. The molecule has 2 N–H and O–H groups in total. The predicted molar refractivity (Wildman–Crippen MR) is 166 cm³/mol. The van der Waals surface area contributed by atoms with Gasteiger partial charge >= 0.3 is 6.18 Å². The van der Waals surface area contributed by atoms with Crippen LogP contribution in [0, 0.1) is 10.8 Å². The Balaban J connectivity index is 1.41. The molecule has 4 heterocycles. The molecule has 2 aromatic carbocycles. The van der Waals surface area contributed by atoms with Crippen molar-refractivity contribution in [2.24, 2.45) is 10.8 Å². The molecule has 9 nitrogen and oxygen atoms in total. The zero-order valence-corrected chi connectivity index (χ0v) is 26.3. The van der Waals surface area contributed by atoms with Crippen LogP contribution in [0.1, 0.15) is 54.4 Å². The molecule has 248 valence electrons. The number of allylic oxidation sites excluding steroid dienone is 1. The van der Waals surface area contributed by atoms with E-state index in [-0.39, 0.29) is 46.6 Å². The summed E-state index contributed by atoms with van der Waals surface area (Å²) in [4.78, 5) is 29.8. The van der Waals surface area contributed by atoms with Gasteiger partial charge < -0.3 is 20.3 Å². The highest BCUT2D eigenvalue weighted by Crippen LogP contribution is 2.46. The second-order valence-electron chi connectivity index (χ2n) is 12.9. The van der Waals surface area contributed by atoms with E-state index in [1.54, 1.807) is 12.2 Å². The number of hydrogen-bond donors (Lipinski definition) is 2. The smallest absolute Gasteiger partial charge is 0.381 e. The zero-order valence-electron chi connectivity index (χ0n) is 25.5. The number of sulfonamides is 1. The topological polar surface area (TPSA) is 108 Å². The Labute approximate surface area is 267 Å². The number of ether oxygens (including phenoxy) is 1. The maximum absolute atomic E-state index is 14.6. The van der Waals surface area contributed by atoms with E-state index >= 15 is 0 Å². The number of rotatable bonds is 1. The van der Waals surface area contributed by atoms with Crippen LogP contribution in [0.2, 0.25) is 0 Å². The first-order chi connectivity index (χ1) is 21.9. The van der Waals surface area contributed by atoms with Gasteiger partial charge in [0.1, 0.15) is 0 Å². The summed E-state index contributed by atoms with van der Waals surface area (Å²) in [6.45, 7) is 3.08. The summed E-state index contributed by atoms with van der Waals surface area (Å²) in [6, 6.07) is 9.45. The molecule has 4 aliphatic heterocycles. The molecular formula is C33H39F3N4O5S. The Bertz CT molecular complexity index is 1600. The number of anilines is 1. The molecule has 13 heteroatoms. The van der Waals surface area contributed by atoms with Crippen molar-refractivity contribution in [2.45, 2.75) is 55.6 Å². The number of alkyl halides is 3. The van der Waals surface area contributed by atoms with Gasteiger partial charge in [0, 0.05) is 37.9 Å². The van der Waals surface area contributed by atoms with Crippen molar-refractivity contribution in [2.75, 3.05) is 50.2 Å². The number of nitrogens with one attached hydrogen (secondary N) is 2. The van der Waals surface area contributed by atoms with Crippen LogP contribution < -0.4 is 14.9 Å². The Morgan fingerprint density at radius 1 is 0.935 bits per heavy atom. The summed E-state index contributed by atoms with van der Waals surface area (Å²) >= 11 is 0. The molecule has 2 aromatic rings. The minimum Gasteiger partial charge on any atom is -0.381 e. The Morgan fingerprint density at radius 3 is 2.41 bits per heavy atom. The SMILES string of the molecule is O=C1NCC2CC3(CCOCC3)CN2C(=O)C2(C/C=C\CN(c3cccc(C(F)(F)F)c3)S(=O)(=O)c3cccc1c3)CCNCC2. The van der Waals surface area contributed by atoms with Gasteiger partial charge in [-0.1, -0.05) is 24.3 Å². The van der Waals surface area contributed by atoms with Crippen LogP contribution in [-0.2, 0) is 25.7 Å². The highest BCUT2D eigenvalue weighted by molar-refractivity contribution is 7.92. The van der Waals surface area contributed by atoms with Crippen molar-refractivity contribution in [1.82, 2.24) is 15.5 Å². The average molecular weight is 661 g/mol. The monoisotopic (exact) mass is 660 g/mol. The third kappa shape index (κ3) is 6.41. The number of halogens is 3. The van der Waals surface area contributed by atoms with Crippen molar-refractivity contribution in [3.8, 4) is 0 Å². The van der Waals surface area contributed by atoms with Gasteiger partial charge in [0.25, 0.3) is 15.9 Å². The van der Waals surface area contributed by atoms with Crippen LogP contribution in [-0.4, -0.2) is 77.1 Å². The van der Waals surface area contributed by atoms with Crippen molar-refractivity contribution in [3.05, 3.63) is 71.8 Å². The summed E-state index contributed by atoms with van der Waals surface area (Å²) < 4.78 is 75.5. The molecule has 0 aromatic heterocycles. The lowest BCUT2D eigenvalue weighted by molar-refractivity contribution is -0.145. The molecule has 2 amide bonds. The van der Waals surface area contributed by atoms with E-state index in [4.69, 9.17) is 4.74 Å². The minimum atomic E-state index is -4.68. The molecule has 2 spiro atoms. The van der Waals surface area contributed by atoms with Crippen LogP contribution in [0.4, 0.5) is 18.9 Å². The van der Waals surface area contributed by atoms with Gasteiger partial charge in [0.2, 0.25) is 5.91 Å². The molecule has 3 fully saturated rings. The number of amides is 2. The summed E-state index contributed by atoms with van der Waals surface area (Å²) in [5.74, 6) is -0.468. The fourth-order valence-corrected chi connectivity index (χ4v) is 8.82. The molecule has 0 radical (unpaired) electrons. The quantitative estimate of drug-likeness (QED) is 0.441. The van der Waals surface area contributed by atoms with Crippen LogP contribution >= 0.6 is 0 Å². The fourth-order valence-electron chi connectivity index (χ4n) is 7.36. The van der Waals surface area contributed by atoms with E-state index in [0.717, 1.165) is 35.7 Å². The van der Waals surface area contributed by atoms with Gasteiger partial charge in [-0.25, -0.2) is 8.42 Å². The fraction of sp³-hybridized carbons (Fsp3) is 0.515. The Hall–Kier alpha value is -3.42. The standard InChI is InChI=1S/C33H39F3N4O5S/c34-33(35,36)25-6-4-7-26(20-25)40-16-2-1-9-32(10-14-37-15-11-32)30(42)39-23-31(12-17-45-18-13-31)21-27(39)22-38-29(41)24-5-3-8-28(19-24)46(40,43)44/h1-8,19-20,27,37H,9-18,21-23H2,(H,38,41)/b2-1-. The van der Waals surface area contributed by atoms with Gasteiger partial charge in [0.05, 0.1) is 28.1 Å². The number of benzene rings is 2. The largest absolute Gasteiger partial charge is 0.416 e. The molecule has 3 saturated heterocycles. The van der Waals surface area contributed by atoms with E-state index in [0.29, 0.717) is 52.1 Å². The zero-order chi connectivity index (χ0) is 32.6. The molecule has 4 aliphatic rings. The summed E-state index contributed by atoms with van der Waals surface area (Å²) in [5.41, 5.74) is -1.87. The predicted octanol–water partition coefficient (Wildman–Crippen LogP) is 4.36. The summed E-state index contributed by atoms with van der Waals surface area (Å²) in [5, 5.41) is 6.28. The molecule has 6 rings (SSSR count). The van der Waals surface area contributed by atoms with Crippen LogP contribution in [0.15, 0.2) is 65.6 Å². The number of hydrogen-bond acceptors (Lipinski definition) is 6. The molecule has 2 bridgehead atoms. The number of fused-ring (bicyclic) bond motifs is 3. The number of nitrogens with zero attached hydrogens (tertiary/aromatic N) is 2. The number of carbonyl (C=O) groups excluding carboxylic acids is 2. The number of piperidine rings is 1. The summed E-state index contributed by atoms with van der Waals surface area (Å²) in [6.07, 6.45) is 2.66. The van der Waals surface area contributed by atoms with Gasteiger partial charge in [-0.2, -0.15) is 13.2 Å². The molecular weight excluding hydrogens is 621 g/mol. The van der Waals surface area contributed by atoms with Crippen molar-refractivity contribution >= 4 is 27.5 Å². The van der Waals surface area contributed by atoms with Gasteiger partial charge in [0.15, 0.2) is 0 Å². The lowest BCUT2D eigenvalue weighted by Gasteiger charge is -2.41. The van der Waals surface area contributed by atoms with Crippen molar-refractivity contribution in [1.29, 1.82) is 0 Å². The molecule has 1 atom stereocenters. The number of carbonyl (C=O) groups is 2. The van der Waals surface area contributed by atoms with E-state index < -0.39 is 33.1 Å². The third-order valence-corrected chi connectivity index (χ3v) is 11.8. The second-order valence-corrected chi connectivity index (χ2v) is 14.8. The van der Waals surface area contributed by atoms with Gasteiger partial charge in [-0.15, -0.1) is 0 Å². The first-order valence-electron chi connectivity index (χ1n) is 15.8. The van der Waals surface area contributed by atoms with E-state index in [2.05, 4.69) is 10.6 Å². The molecule has 1 unspecified atom stereocenters. The van der Waals surface area contributed by atoms with Crippen molar-refractivity contribution < 1.29 is 35.9 Å². The van der Waals surface area contributed by atoms with Crippen molar-refractivity contribution in [3.63, 3.8) is 0 Å². The Morgan fingerprint density at radius 2 is 1.67 bits per heavy atom. The molecule has 0 saturated carbocycles. The highest BCUT2D eigenvalue weighted by atomic mass is 32.2. The van der Waals surface area contributed by atoms with Crippen LogP contribution in [0.25, 0.3) is 0 Å². The van der Waals surface area contributed by atoms with E-state index in [9.17, 15) is 31.2 Å². The van der Waals surface area contributed by atoms with E-state index in [1.165, 1.54) is 36.4 Å². The summed E-state index contributed by atoms with van der Waals surface area (Å²) in [7, 11) is -4.41. The second kappa shape index (κ2) is 12.6. The lowest BCUT2D eigenvalue weighted by Crippen LogP contribution is -2.53. The first kappa shape index (κ1) is 32.5. The van der Waals surface area contributed by atoms with Gasteiger partial charge in [-0.3, -0.25) is 13.9 Å². The lowest BCUT2D eigenvalue weighted by atomic mass is 9.74. The normalized spacial score (nSPS) is 25.7. The van der Waals surface area contributed by atoms with Crippen LogP contribution in [0.3, 0.4) is 0 Å². The maximum atomic E-state index is 14.6. The van der Waals surface area contributed by atoms with Gasteiger partial charge in [-0.05, 0) is 93.4 Å². The molecule has 46 heavy (non-hydrogen) atoms. The highest BCUT2D eigenvalue weighted by Gasteiger charge is 2.51.